The van der Waals surface area contributed by atoms with E-state index in [1.807, 2.05) is 34.6 Å². The molecular weight excluding hydrogens is 484 g/mol. The lowest BCUT2D eigenvalue weighted by Gasteiger charge is -2.61. The molecule has 0 amide bonds. The molecule has 4 rings (SSSR count). The van der Waals surface area contributed by atoms with Crippen molar-refractivity contribution in [2.24, 2.45) is 45.3 Å². The number of carbonyl (C=O) groups excluding carboxylic acids is 4. The minimum atomic E-state index is -0.909. The first kappa shape index (κ1) is 29.1. The Morgan fingerprint density at radius 3 is 2.26 bits per heavy atom. The van der Waals surface area contributed by atoms with E-state index >= 15 is 0 Å². The zero-order chi connectivity index (χ0) is 28.6. The molecule has 3 unspecified atom stereocenters. The lowest BCUT2D eigenvalue weighted by molar-refractivity contribution is -0.147. The van der Waals surface area contributed by atoms with Crippen LogP contribution in [0.2, 0.25) is 0 Å². The molecule has 2 fully saturated rings. The third-order valence-corrected chi connectivity index (χ3v) is 11.8. The predicted molar refractivity (Wildman–Crippen MR) is 142 cm³/mol. The molecule has 2 N–H and O–H groups in total. The summed E-state index contributed by atoms with van der Waals surface area (Å²) in [6, 6.07) is 0. The molecule has 0 spiro atoms. The van der Waals surface area contributed by atoms with E-state index in [0.29, 0.717) is 36.8 Å². The van der Waals surface area contributed by atoms with Crippen LogP contribution in [0.3, 0.4) is 0 Å². The van der Waals surface area contributed by atoms with Crippen LogP contribution in [0, 0.1) is 45.3 Å². The van der Waals surface area contributed by atoms with Crippen LogP contribution in [-0.2, 0) is 23.9 Å². The molecule has 0 aromatic rings. The van der Waals surface area contributed by atoms with Gasteiger partial charge in [0.1, 0.15) is 11.6 Å². The molecule has 7 heteroatoms. The number of fused-ring (bicyclic) bond motifs is 4. The quantitative estimate of drug-likeness (QED) is 0.494. The first-order chi connectivity index (χ1) is 17.5. The van der Waals surface area contributed by atoms with Gasteiger partial charge in [-0.05, 0) is 48.0 Å². The number of ether oxygens (including phenoxy) is 1. The number of aliphatic hydroxyl groups is 2. The number of hydrogen-bond donors (Lipinski definition) is 2. The lowest BCUT2D eigenvalue weighted by Crippen LogP contribution is -2.60. The van der Waals surface area contributed by atoms with E-state index in [9.17, 15) is 29.4 Å². The number of rotatable bonds is 6. The van der Waals surface area contributed by atoms with Crippen LogP contribution in [0.5, 0.6) is 0 Å². The normalized spacial score (nSPS) is 41.6. The Labute approximate surface area is 226 Å². The van der Waals surface area contributed by atoms with Crippen molar-refractivity contribution < 1.29 is 34.1 Å². The van der Waals surface area contributed by atoms with Gasteiger partial charge in [0.15, 0.2) is 5.78 Å². The monoisotopic (exact) mass is 530 g/mol. The molecule has 0 aromatic heterocycles. The third-order valence-electron chi connectivity index (χ3n) is 11.8. The predicted octanol–water partition coefficient (Wildman–Crippen LogP) is 4.22. The molecular formula is C31H46O7. The maximum Gasteiger partial charge on any atom is 0.308 e. The number of carbonyl (C=O) groups is 4. The van der Waals surface area contributed by atoms with E-state index in [0.717, 1.165) is 0 Å². The fourth-order valence-corrected chi connectivity index (χ4v) is 9.40. The summed E-state index contributed by atoms with van der Waals surface area (Å²) in [6.07, 6.45) is 0.728. The zero-order valence-corrected chi connectivity index (χ0v) is 24.3. The molecule has 4 aliphatic rings. The molecule has 0 aromatic carbocycles. The third kappa shape index (κ3) is 3.89. The molecule has 0 radical (unpaired) electrons. The number of allylic oxidation sites excluding steroid dienone is 1. The van der Waals surface area contributed by atoms with Crippen LogP contribution < -0.4 is 0 Å². The Hall–Kier alpha value is -1.86. The fraction of sp³-hybridized carbons (Fsp3) is 0.806. The molecule has 9 atom stereocenters. The number of ketones is 3. The topological polar surface area (TPSA) is 118 Å². The number of aliphatic hydroxyl groups excluding tert-OH is 2. The average molecular weight is 531 g/mol. The Morgan fingerprint density at radius 2 is 1.66 bits per heavy atom. The zero-order valence-electron chi connectivity index (χ0n) is 24.3. The second-order valence-corrected chi connectivity index (χ2v) is 14.1. The van der Waals surface area contributed by atoms with Crippen molar-refractivity contribution in [2.75, 3.05) is 7.11 Å². The molecule has 38 heavy (non-hydrogen) atoms. The van der Waals surface area contributed by atoms with Crippen LogP contribution in [0.15, 0.2) is 11.1 Å². The molecule has 0 heterocycles. The average Bonchev–Trinajstić information content (AvgIpc) is 3.03. The van der Waals surface area contributed by atoms with Gasteiger partial charge >= 0.3 is 5.97 Å². The van der Waals surface area contributed by atoms with Crippen molar-refractivity contribution in [3.8, 4) is 0 Å². The molecule has 0 bridgehead atoms. The maximum atomic E-state index is 14.1. The Bertz CT molecular complexity index is 1090. The fourth-order valence-electron chi connectivity index (χ4n) is 9.40. The van der Waals surface area contributed by atoms with E-state index in [2.05, 4.69) is 6.92 Å². The van der Waals surface area contributed by atoms with Gasteiger partial charge in [0.05, 0.1) is 25.2 Å². The highest BCUT2D eigenvalue weighted by molar-refractivity contribution is 6.01. The second kappa shape index (κ2) is 9.36. The van der Waals surface area contributed by atoms with Gasteiger partial charge in [-0.1, -0.05) is 48.5 Å². The Morgan fingerprint density at radius 1 is 1.03 bits per heavy atom. The highest BCUT2D eigenvalue weighted by Gasteiger charge is 2.70. The summed E-state index contributed by atoms with van der Waals surface area (Å²) in [5.74, 6) is -1.15. The summed E-state index contributed by atoms with van der Waals surface area (Å²) in [7, 11) is 1.31. The lowest BCUT2D eigenvalue weighted by atomic mass is 9.42. The van der Waals surface area contributed by atoms with E-state index < -0.39 is 45.8 Å². The summed E-state index contributed by atoms with van der Waals surface area (Å²) >= 11 is 0. The van der Waals surface area contributed by atoms with Crippen molar-refractivity contribution >= 4 is 23.3 Å². The second-order valence-electron chi connectivity index (χ2n) is 14.1. The van der Waals surface area contributed by atoms with E-state index in [1.165, 1.54) is 7.11 Å². The van der Waals surface area contributed by atoms with Gasteiger partial charge in [0.2, 0.25) is 0 Å². The highest BCUT2D eigenvalue weighted by atomic mass is 16.5. The van der Waals surface area contributed by atoms with Gasteiger partial charge in [0.25, 0.3) is 0 Å². The first-order valence-corrected chi connectivity index (χ1v) is 14.2. The van der Waals surface area contributed by atoms with Crippen molar-refractivity contribution in [3.05, 3.63) is 11.1 Å². The van der Waals surface area contributed by atoms with Crippen molar-refractivity contribution in [3.63, 3.8) is 0 Å². The van der Waals surface area contributed by atoms with Crippen molar-refractivity contribution in [1.29, 1.82) is 0 Å². The number of Topliss-reactive ketones (excluding diaryl/α,β-unsaturated/α-hetero) is 3. The van der Waals surface area contributed by atoms with Crippen molar-refractivity contribution in [2.45, 2.75) is 106 Å². The number of hydrogen-bond acceptors (Lipinski definition) is 7. The Balaban J connectivity index is 1.71. The summed E-state index contributed by atoms with van der Waals surface area (Å²) in [4.78, 5) is 51.7. The van der Waals surface area contributed by atoms with Crippen LogP contribution in [-0.4, -0.2) is 52.8 Å². The Kier molecular flexibility index (Phi) is 7.18. The van der Waals surface area contributed by atoms with E-state index in [1.54, 1.807) is 6.92 Å². The van der Waals surface area contributed by atoms with Gasteiger partial charge in [-0.2, -0.15) is 0 Å². The van der Waals surface area contributed by atoms with Gasteiger partial charge in [-0.25, -0.2) is 0 Å². The maximum absolute atomic E-state index is 14.1. The van der Waals surface area contributed by atoms with Crippen molar-refractivity contribution in [1.82, 2.24) is 0 Å². The first-order valence-electron chi connectivity index (χ1n) is 14.2. The molecule has 7 nitrogen and oxygen atoms in total. The summed E-state index contributed by atoms with van der Waals surface area (Å²) < 4.78 is 4.76. The summed E-state index contributed by atoms with van der Waals surface area (Å²) in [5, 5.41) is 23.3. The van der Waals surface area contributed by atoms with Gasteiger partial charge in [-0.15, -0.1) is 0 Å². The smallest absolute Gasteiger partial charge is 0.308 e. The molecule has 212 valence electrons. The van der Waals surface area contributed by atoms with E-state index in [4.69, 9.17) is 4.74 Å². The van der Waals surface area contributed by atoms with Crippen LogP contribution in [0.1, 0.15) is 93.4 Å². The minimum Gasteiger partial charge on any atom is -0.469 e. The van der Waals surface area contributed by atoms with Gasteiger partial charge in [-0.3, -0.25) is 19.2 Å². The minimum absolute atomic E-state index is 0.00770. The standard InChI is InChI=1S/C31H46O7/c1-16(11-18(32)12-17(2)27(37)38-8)19-13-24(36)31(7)26-20(33)14-22-28(3,4)23(35)9-10-29(22,5)25(26)21(34)15-30(19,31)6/h16-17,19-20,22,24,33,36H,9-15H2,1-8H3/t16?,17?,19-,20+,22?,24+,29+,30-,31+/m1/s1. The van der Waals surface area contributed by atoms with Gasteiger partial charge < -0.3 is 14.9 Å². The van der Waals surface area contributed by atoms with Crippen LogP contribution in [0.4, 0.5) is 0 Å². The summed E-state index contributed by atoms with van der Waals surface area (Å²) in [6.45, 7) is 13.7. The molecule has 4 aliphatic carbocycles. The number of esters is 1. The van der Waals surface area contributed by atoms with Crippen LogP contribution in [0.25, 0.3) is 0 Å². The highest BCUT2D eigenvalue weighted by Crippen LogP contribution is 2.71. The number of methoxy groups -OCH3 is 1. The van der Waals surface area contributed by atoms with E-state index in [-0.39, 0.29) is 54.4 Å². The molecule has 0 saturated heterocycles. The molecule has 2 saturated carbocycles. The van der Waals surface area contributed by atoms with Gasteiger partial charge in [0, 0.05) is 47.5 Å². The largest absolute Gasteiger partial charge is 0.469 e. The molecule has 0 aliphatic heterocycles. The SMILES string of the molecule is COC(=O)C(C)CC(=O)CC(C)[C@H]1C[C@H](O)[C@@]2(C)C3=C(C(=O)C[C@]12C)[C@@]1(C)CCC(=O)C(C)(C)C1C[C@@H]3O. The summed E-state index contributed by atoms with van der Waals surface area (Å²) in [5.41, 5.74) is -1.31. The van der Waals surface area contributed by atoms with Crippen LogP contribution >= 0.6 is 0 Å².